The summed E-state index contributed by atoms with van der Waals surface area (Å²) in [5, 5.41) is 12.4. The van der Waals surface area contributed by atoms with E-state index in [9.17, 15) is 9.90 Å². The molecule has 0 spiro atoms. The van der Waals surface area contributed by atoms with Crippen LogP contribution in [-0.2, 0) is 0 Å². The molecule has 0 aliphatic heterocycles. The van der Waals surface area contributed by atoms with Gasteiger partial charge in [0.15, 0.2) is 0 Å². The van der Waals surface area contributed by atoms with Gasteiger partial charge in [-0.05, 0) is 26.3 Å². The fourth-order valence-corrected chi connectivity index (χ4v) is 1.95. The summed E-state index contributed by atoms with van der Waals surface area (Å²) in [5.41, 5.74) is 5.45. The van der Waals surface area contributed by atoms with E-state index < -0.39 is 5.60 Å². The van der Waals surface area contributed by atoms with Gasteiger partial charge >= 0.3 is 0 Å². The van der Waals surface area contributed by atoms with E-state index in [2.05, 4.69) is 5.32 Å². The molecule has 90 valence electrons. The summed E-state index contributed by atoms with van der Waals surface area (Å²) in [5.74, 6) is -0.182. The summed E-state index contributed by atoms with van der Waals surface area (Å²) >= 11 is 1.36. The van der Waals surface area contributed by atoms with Crippen LogP contribution in [0.5, 0.6) is 0 Å². The van der Waals surface area contributed by atoms with Crippen molar-refractivity contribution in [1.29, 1.82) is 0 Å². The standard InChI is InChI=1S/C11H18N2O2S/c1-4-11(3,15)6-13-10(14)9-5-8(12)7(2)16-9/h5,15H,4,6,12H2,1-3H3,(H,13,14). The van der Waals surface area contributed by atoms with Crippen molar-refractivity contribution in [3.63, 3.8) is 0 Å². The molecule has 5 heteroatoms. The third kappa shape index (κ3) is 3.21. The monoisotopic (exact) mass is 242 g/mol. The normalized spacial score (nSPS) is 14.5. The number of anilines is 1. The summed E-state index contributed by atoms with van der Waals surface area (Å²) < 4.78 is 0. The van der Waals surface area contributed by atoms with Crippen LogP contribution in [0, 0.1) is 6.92 Å². The van der Waals surface area contributed by atoms with E-state index in [4.69, 9.17) is 5.73 Å². The largest absolute Gasteiger partial charge is 0.398 e. The number of nitrogen functional groups attached to an aromatic ring is 1. The summed E-state index contributed by atoms with van der Waals surface area (Å²) in [7, 11) is 0. The molecule has 0 bridgehead atoms. The van der Waals surface area contributed by atoms with Crippen molar-refractivity contribution in [2.24, 2.45) is 0 Å². The summed E-state index contributed by atoms with van der Waals surface area (Å²) in [6.45, 7) is 5.69. The van der Waals surface area contributed by atoms with Crippen LogP contribution in [0.3, 0.4) is 0 Å². The molecule has 1 atom stereocenters. The van der Waals surface area contributed by atoms with E-state index in [0.717, 1.165) is 4.88 Å². The van der Waals surface area contributed by atoms with Gasteiger partial charge in [-0.25, -0.2) is 0 Å². The highest BCUT2D eigenvalue weighted by atomic mass is 32.1. The van der Waals surface area contributed by atoms with Gasteiger partial charge in [-0.1, -0.05) is 6.92 Å². The highest BCUT2D eigenvalue weighted by Gasteiger charge is 2.19. The van der Waals surface area contributed by atoms with Crippen molar-refractivity contribution in [2.75, 3.05) is 12.3 Å². The third-order valence-electron chi connectivity index (χ3n) is 2.57. The van der Waals surface area contributed by atoms with Crippen LogP contribution in [0.25, 0.3) is 0 Å². The molecule has 1 aromatic heterocycles. The second-order valence-electron chi connectivity index (χ2n) is 4.16. The minimum absolute atomic E-state index is 0.182. The summed E-state index contributed by atoms with van der Waals surface area (Å²) in [6.07, 6.45) is 0.596. The number of carbonyl (C=O) groups excluding carboxylic acids is 1. The van der Waals surface area contributed by atoms with Crippen LogP contribution in [-0.4, -0.2) is 23.2 Å². The molecule has 0 radical (unpaired) electrons. The number of carbonyl (C=O) groups is 1. The molecule has 0 fully saturated rings. The van der Waals surface area contributed by atoms with E-state index in [-0.39, 0.29) is 12.5 Å². The van der Waals surface area contributed by atoms with E-state index in [0.29, 0.717) is 17.0 Å². The second kappa shape index (κ2) is 4.84. The molecule has 0 saturated heterocycles. The van der Waals surface area contributed by atoms with Gasteiger partial charge in [-0.2, -0.15) is 0 Å². The Morgan fingerprint density at radius 2 is 2.31 bits per heavy atom. The lowest BCUT2D eigenvalue weighted by Crippen LogP contribution is -2.39. The quantitative estimate of drug-likeness (QED) is 0.749. The van der Waals surface area contributed by atoms with Crippen LogP contribution >= 0.6 is 11.3 Å². The van der Waals surface area contributed by atoms with E-state index >= 15 is 0 Å². The van der Waals surface area contributed by atoms with E-state index in [1.54, 1.807) is 13.0 Å². The second-order valence-corrected chi connectivity index (χ2v) is 5.41. The molecular formula is C11H18N2O2S. The van der Waals surface area contributed by atoms with Gasteiger partial charge in [0.25, 0.3) is 5.91 Å². The molecule has 0 aliphatic carbocycles. The number of hydrogen-bond acceptors (Lipinski definition) is 4. The zero-order chi connectivity index (χ0) is 12.3. The maximum atomic E-state index is 11.7. The van der Waals surface area contributed by atoms with Crippen LogP contribution in [0.2, 0.25) is 0 Å². The number of aryl methyl sites for hydroxylation is 1. The van der Waals surface area contributed by atoms with Crippen molar-refractivity contribution >= 4 is 22.9 Å². The maximum absolute atomic E-state index is 11.7. The Hall–Kier alpha value is -1.07. The Labute approximate surface area is 99.5 Å². The lowest BCUT2D eigenvalue weighted by atomic mass is 10.0. The van der Waals surface area contributed by atoms with Crippen LogP contribution in [0.15, 0.2) is 6.07 Å². The molecule has 0 aromatic carbocycles. The molecule has 4 N–H and O–H groups in total. The molecule has 0 saturated carbocycles. The first-order chi connectivity index (χ1) is 7.35. The van der Waals surface area contributed by atoms with E-state index in [1.165, 1.54) is 11.3 Å². The van der Waals surface area contributed by atoms with Gasteiger partial charge in [0.1, 0.15) is 0 Å². The molecule has 1 heterocycles. The smallest absolute Gasteiger partial charge is 0.261 e. The van der Waals surface area contributed by atoms with Crippen LogP contribution in [0.1, 0.15) is 34.8 Å². The third-order valence-corrected chi connectivity index (χ3v) is 3.64. The van der Waals surface area contributed by atoms with Crippen molar-refractivity contribution in [2.45, 2.75) is 32.8 Å². The molecule has 4 nitrogen and oxygen atoms in total. The van der Waals surface area contributed by atoms with Crippen molar-refractivity contribution in [3.05, 3.63) is 15.8 Å². The number of nitrogens with two attached hydrogens (primary N) is 1. The first-order valence-electron chi connectivity index (χ1n) is 5.22. The topological polar surface area (TPSA) is 75.3 Å². The Bertz CT molecular complexity index is 366. The molecule has 16 heavy (non-hydrogen) atoms. The van der Waals surface area contributed by atoms with Crippen molar-refractivity contribution in [1.82, 2.24) is 5.32 Å². The highest BCUT2D eigenvalue weighted by molar-refractivity contribution is 7.14. The number of rotatable bonds is 4. The van der Waals surface area contributed by atoms with Gasteiger partial charge in [-0.15, -0.1) is 11.3 Å². The Kier molecular flexibility index (Phi) is 3.93. The fraction of sp³-hybridized carbons (Fsp3) is 0.545. The molecule has 1 unspecified atom stereocenters. The molecule has 1 aromatic rings. The predicted octanol–water partition coefficient (Wildman–Crippen LogP) is 1.53. The van der Waals surface area contributed by atoms with Gasteiger partial charge in [0.05, 0.1) is 10.5 Å². The first-order valence-corrected chi connectivity index (χ1v) is 6.04. The SMILES string of the molecule is CCC(C)(O)CNC(=O)c1cc(N)c(C)s1. The van der Waals surface area contributed by atoms with E-state index in [1.807, 2.05) is 13.8 Å². The lowest BCUT2D eigenvalue weighted by molar-refractivity contribution is 0.0519. The van der Waals surface area contributed by atoms with Crippen molar-refractivity contribution in [3.8, 4) is 0 Å². The Balaban J connectivity index is 2.60. The van der Waals surface area contributed by atoms with Crippen LogP contribution in [0.4, 0.5) is 5.69 Å². The number of nitrogens with one attached hydrogen (secondary N) is 1. The van der Waals surface area contributed by atoms with Crippen molar-refractivity contribution < 1.29 is 9.90 Å². The predicted molar refractivity (Wildman–Crippen MR) is 66.7 cm³/mol. The zero-order valence-electron chi connectivity index (χ0n) is 9.83. The van der Waals surface area contributed by atoms with Gasteiger partial charge < -0.3 is 16.2 Å². The number of hydrogen-bond donors (Lipinski definition) is 3. The average molecular weight is 242 g/mol. The number of amides is 1. The summed E-state index contributed by atoms with van der Waals surface area (Å²) in [4.78, 5) is 13.2. The first kappa shape index (κ1) is 13.0. The maximum Gasteiger partial charge on any atom is 0.261 e. The zero-order valence-corrected chi connectivity index (χ0v) is 10.6. The van der Waals surface area contributed by atoms with Gasteiger partial charge in [0, 0.05) is 17.1 Å². The average Bonchev–Trinajstić information content (AvgIpc) is 2.56. The van der Waals surface area contributed by atoms with Crippen LogP contribution < -0.4 is 11.1 Å². The Morgan fingerprint density at radius 3 is 2.75 bits per heavy atom. The van der Waals surface area contributed by atoms with Gasteiger partial charge in [-0.3, -0.25) is 4.79 Å². The Morgan fingerprint density at radius 1 is 1.69 bits per heavy atom. The molecule has 1 amide bonds. The number of aliphatic hydroxyl groups is 1. The van der Waals surface area contributed by atoms with Gasteiger partial charge in [0.2, 0.25) is 0 Å². The lowest BCUT2D eigenvalue weighted by Gasteiger charge is -2.21. The number of thiophene rings is 1. The summed E-state index contributed by atoms with van der Waals surface area (Å²) in [6, 6.07) is 1.66. The molecular weight excluding hydrogens is 224 g/mol. The molecule has 0 aliphatic rings. The highest BCUT2D eigenvalue weighted by Crippen LogP contribution is 2.23. The fourth-order valence-electron chi connectivity index (χ4n) is 1.09. The minimum atomic E-state index is -0.854. The minimum Gasteiger partial charge on any atom is -0.398 e. The molecule has 1 rings (SSSR count).